The zero-order chi connectivity index (χ0) is 20.4. The topological polar surface area (TPSA) is 78.5 Å². The predicted molar refractivity (Wildman–Crippen MR) is 113 cm³/mol. The number of piperidine rings is 1. The first-order valence-electron chi connectivity index (χ1n) is 9.83. The number of nitrogens with zero attached hydrogens (tertiary/aromatic N) is 1. The standard InChI is InChI=1S/C22H22ClN3O3/c23-19-13-16(8-11-18(19)22(29)24-15-6-7-15)25-21(28)14-4-9-17(10-5-14)26-12-2-1-3-20(26)27/h4-5,8-11,13,15H,1-3,6-7,12H2,(H,24,29)(H,25,28). The molecule has 2 aromatic rings. The fraction of sp³-hybridized carbons (Fsp3) is 0.318. The molecule has 2 N–H and O–H groups in total. The van der Waals surface area contributed by atoms with Crippen molar-refractivity contribution < 1.29 is 14.4 Å². The molecule has 1 aliphatic carbocycles. The van der Waals surface area contributed by atoms with Crippen molar-refractivity contribution in [2.45, 2.75) is 38.1 Å². The molecule has 1 aliphatic heterocycles. The van der Waals surface area contributed by atoms with E-state index < -0.39 is 0 Å². The minimum atomic E-state index is -0.284. The van der Waals surface area contributed by atoms with E-state index in [0.717, 1.165) is 31.4 Å². The number of carbonyl (C=O) groups is 3. The third kappa shape index (κ3) is 4.59. The van der Waals surface area contributed by atoms with Gasteiger partial charge in [-0.1, -0.05) is 11.6 Å². The first-order chi connectivity index (χ1) is 14.0. The summed E-state index contributed by atoms with van der Waals surface area (Å²) in [6.45, 7) is 0.712. The summed E-state index contributed by atoms with van der Waals surface area (Å²) in [6.07, 6.45) is 4.49. The number of hydrogen-bond donors (Lipinski definition) is 2. The zero-order valence-electron chi connectivity index (χ0n) is 15.9. The van der Waals surface area contributed by atoms with Crippen LogP contribution >= 0.6 is 11.6 Å². The van der Waals surface area contributed by atoms with Crippen molar-refractivity contribution in [2.75, 3.05) is 16.8 Å². The molecule has 0 atom stereocenters. The van der Waals surface area contributed by atoms with Crippen molar-refractivity contribution in [3.05, 3.63) is 58.6 Å². The second kappa shape index (κ2) is 8.25. The van der Waals surface area contributed by atoms with E-state index in [1.807, 2.05) is 0 Å². The molecule has 4 rings (SSSR count). The normalized spacial score (nSPS) is 16.4. The number of amides is 3. The van der Waals surface area contributed by atoms with E-state index in [1.165, 1.54) is 0 Å². The van der Waals surface area contributed by atoms with Gasteiger partial charge in [0.15, 0.2) is 0 Å². The van der Waals surface area contributed by atoms with E-state index in [2.05, 4.69) is 10.6 Å². The Bertz CT molecular complexity index is 954. The lowest BCUT2D eigenvalue weighted by atomic mass is 10.1. The van der Waals surface area contributed by atoms with Gasteiger partial charge in [0, 0.05) is 35.9 Å². The maximum atomic E-state index is 12.5. The van der Waals surface area contributed by atoms with Gasteiger partial charge in [-0.2, -0.15) is 0 Å². The lowest BCUT2D eigenvalue weighted by Gasteiger charge is -2.26. The van der Waals surface area contributed by atoms with Gasteiger partial charge >= 0.3 is 0 Å². The van der Waals surface area contributed by atoms with Gasteiger partial charge in [-0.05, 0) is 68.1 Å². The first kappa shape index (κ1) is 19.5. The second-order valence-electron chi connectivity index (χ2n) is 7.45. The van der Waals surface area contributed by atoms with Crippen LogP contribution in [0.3, 0.4) is 0 Å². The van der Waals surface area contributed by atoms with Crippen LogP contribution in [-0.2, 0) is 4.79 Å². The molecule has 1 saturated heterocycles. The number of benzene rings is 2. The molecule has 0 spiro atoms. The number of nitrogens with one attached hydrogen (secondary N) is 2. The molecule has 6 nitrogen and oxygen atoms in total. The molecule has 150 valence electrons. The highest BCUT2D eigenvalue weighted by atomic mass is 35.5. The van der Waals surface area contributed by atoms with Gasteiger partial charge in [-0.3, -0.25) is 14.4 Å². The molecule has 0 bridgehead atoms. The summed E-state index contributed by atoms with van der Waals surface area (Å²) in [4.78, 5) is 38.5. The summed E-state index contributed by atoms with van der Waals surface area (Å²) >= 11 is 6.23. The van der Waals surface area contributed by atoms with E-state index in [0.29, 0.717) is 34.8 Å². The molecule has 29 heavy (non-hydrogen) atoms. The van der Waals surface area contributed by atoms with Crippen LogP contribution < -0.4 is 15.5 Å². The Labute approximate surface area is 174 Å². The number of hydrogen-bond acceptors (Lipinski definition) is 3. The largest absolute Gasteiger partial charge is 0.349 e. The SMILES string of the molecule is O=C(Nc1ccc(C(=O)NC2CC2)c(Cl)c1)c1ccc(N2CCCCC2=O)cc1. The highest BCUT2D eigenvalue weighted by molar-refractivity contribution is 6.34. The third-order valence-electron chi connectivity index (χ3n) is 5.15. The lowest BCUT2D eigenvalue weighted by molar-refractivity contribution is -0.119. The van der Waals surface area contributed by atoms with Crippen LogP contribution in [-0.4, -0.2) is 30.3 Å². The average molecular weight is 412 g/mol. The van der Waals surface area contributed by atoms with Gasteiger partial charge in [-0.25, -0.2) is 0 Å². The summed E-state index contributed by atoms with van der Waals surface area (Å²) < 4.78 is 0. The van der Waals surface area contributed by atoms with E-state index in [9.17, 15) is 14.4 Å². The van der Waals surface area contributed by atoms with Gasteiger partial charge in [0.05, 0.1) is 10.6 Å². The van der Waals surface area contributed by atoms with Crippen LogP contribution in [0.15, 0.2) is 42.5 Å². The predicted octanol–water partition coefficient (Wildman–Crippen LogP) is 4.00. The minimum Gasteiger partial charge on any atom is -0.349 e. The Morgan fingerprint density at radius 3 is 2.41 bits per heavy atom. The number of rotatable bonds is 5. The van der Waals surface area contributed by atoms with Crippen LogP contribution in [0, 0.1) is 0 Å². The average Bonchev–Trinajstić information content (AvgIpc) is 3.52. The summed E-state index contributed by atoms with van der Waals surface area (Å²) in [5, 5.41) is 5.98. The maximum Gasteiger partial charge on any atom is 0.255 e. The Balaban J connectivity index is 1.41. The van der Waals surface area contributed by atoms with Crippen LogP contribution in [0.25, 0.3) is 0 Å². The monoisotopic (exact) mass is 411 g/mol. The quantitative estimate of drug-likeness (QED) is 0.780. The minimum absolute atomic E-state index is 0.119. The Morgan fingerprint density at radius 2 is 1.76 bits per heavy atom. The van der Waals surface area contributed by atoms with Crippen LogP contribution in [0.4, 0.5) is 11.4 Å². The fourth-order valence-corrected chi connectivity index (χ4v) is 3.61. The van der Waals surface area contributed by atoms with Gasteiger partial charge in [0.2, 0.25) is 5.91 Å². The molecule has 1 saturated carbocycles. The van der Waals surface area contributed by atoms with E-state index >= 15 is 0 Å². The van der Waals surface area contributed by atoms with E-state index in [-0.39, 0.29) is 23.8 Å². The Kier molecular flexibility index (Phi) is 5.53. The molecule has 3 amide bonds. The van der Waals surface area contributed by atoms with Crippen molar-refractivity contribution >= 4 is 40.7 Å². The van der Waals surface area contributed by atoms with Gasteiger partial charge < -0.3 is 15.5 Å². The number of anilines is 2. The second-order valence-corrected chi connectivity index (χ2v) is 7.85. The summed E-state index contributed by atoms with van der Waals surface area (Å²) in [5.41, 5.74) is 2.19. The van der Waals surface area contributed by atoms with Crippen molar-refractivity contribution in [2.24, 2.45) is 0 Å². The molecule has 0 aromatic heterocycles. The number of carbonyl (C=O) groups excluding carboxylic acids is 3. The molecule has 2 aromatic carbocycles. The highest BCUT2D eigenvalue weighted by Crippen LogP contribution is 2.25. The molecule has 2 aliphatic rings. The highest BCUT2D eigenvalue weighted by Gasteiger charge is 2.25. The lowest BCUT2D eigenvalue weighted by Crippen LogP contribution is -2.35. The van der Waals surface area contributed by atoms with Crippen LogP contribution in [0.5, 0.6) is 0 Å². The van der Waals surface area contributed by atoms with Crippen molar-refractivity contribution in [1.29, 1.82) is 0 Å². The summed E-state index contributed by atoms with van der Waals surface area (Å²) in [7, 11) is 0. The molecule has 2 fully saturated rings. The van der Waals surface area contributed by atoms with E-state index in [4.69, 9.17) is 11.6 Å². The van der Waals surface area contributed by atoms with Crippen molar-refractivity contribution in [3.8, 4) is 0 Å². The molecule has 7 heteroatoms. The van der Waals surface area contributed by atoms with E-state index in [1.54, 1.807) is 47.4 Å². The summed E-state index contributed by atoms with van der Waals surface area (Å²) in [6, 6.07) is 12.1. The van der Waals surface area contributed by atoms with Gasteiger partial charge in [0.25, 0.3) is 11.8 Å². The maximum absolute atomic E-state index is 12.5. The van der Waals surface area contributed by atoms with Crippen molar-refractivity contribution in [1.82, 2.24) is 5.32 Å². The van der Waals surface area contributed by atoms with Crippen LogP contribution in [0.1, 0.15) is 52.8 Å². The smallest absolute Gasteiger partial charge is 0.255 e. The summed E-state index contributed by atoms with van der Waals surface area (Å²) in [5.74, 6) is -0.361. The Hall–Kier alpha value is -2.86. The first-order valence-corrected chi connectivity index (χ1v) is 10.2. The van der Waals surface area contributed by atoms with Crippen LogP contribution in [0.2, 0.25) is 5.02 Å². The Morgan fingerprint density at radius 1 is 1.00 bits per heavy atom. The zero-order valence-corrected chi connectivity index (χ0v) is 16.7. The fourth-order valence-electron chi connectivity index (χ4n) is 3.34. The van der Waals surface area contributed by atoms with Gasteiger partial charge in [-0.15, -0.1) is 0 Å². The number of halogens is 1. The molecule has 0 unspecified atom stereocenters. The van der Waals surface area contributed by atoms with Gasteiger partial charge in [0.1, 0.15) is 0 Å². The molecular weight excluding hydrogens is 390 g/mol. The molecule has 0 radical (unpaired) electrons. The third-order valence-corrected chi connectivity index (χ3v) is 5.46. The van der Waals surface area contributed by atoms with Crippen molar-refractivity contribution in [3.63, 3.8) is 0 Å². The molecular formula is C22H22ClN3O3. The molecule has 1 heterocycles.